The van der Waals surface area contributed by atoms with E-state index in [9.17, 15) is 19.0 Å². The van der Waals surface area contributed by atoms with Gasteiger partial charge in [-0.2, -0.15) is 0 Å². The molecule has 0 radical (unpaired) electrons. The van der Waals surface area contributed by atoms with Gasteiger partial charge in [0.15, 0.2) is 0 Å². The van der Waals surface area contributed by atoms with Crippen molar-refractivity contribution in [2.45, 2.75) is 367 Å². The summed E-state index contributed by atoms with van der Waals surface area (Å²) in [7, 11) is 1.49. The second-order valence-electron chi connectivity index (χ2n) is 27.5. The van der Waals surface area contributed by atoms with Crippen LogP contribution in [0.1, 0.15) is 355 Å². The molecule has 0 rings (SSSR count). The van der Waals surface area contributed by atoms with Crippen molar-refractivity contribution in [3.8, 4) is 0 Å². The fraction of sp³-hybridized carbons (Fsp3) is 0.759. The molecule has 0 aromatic carbocycles. The molecule has 3 atom stereocenters. The largest absolute Gasteiger partial charge is 0.472 e. The number of ether oxygens (including phenoxy) is 1. The zero-order valence-corrected chi connectivity index (χ0v) is 62.6. The van der Waals surface area contributed by atoms with E-state index >= 15 is 0 Å². The van der Waals surface area contributed by atoms with Crippen LogP contribution in [0.15, 0.2) is 109 Å². The number of hydrogen-bond donors (Lipinski definition) is 2. The Balaban J connectivity index is 5.00. The fourth-order valence-corrected chi connectivity index (χ4v) is 11.9. The summed E-state index contributed by atoms with van der Waals surface area (Å²) >= 11 is 0. The average molecular weight is 1320 g/mol. The average Bonchev–Trinajstić information content (AvgIpc) is 2.31. The van der Waals surface area contributed by atoms with E-state index < -0.39 is 20.0 Å². The van der Waals surface area contributed by atoms with E-state index in [2.05, 4.69) is 123 Å². The molecule has 0 saturated carbocycles. The van der Waals surface area contributed by atoms with Gasteiger partial charge < -0.3 is 19.4 Å². The predicted molar refractivity (Wildman–Crippen MR) is 406 cm³/mol. The zero-order chi connectivity index (χ0) is 67.8. The molecule has 93 heavy (non-hydrogen) atoms. The molecule has 0 heterocycles. The van der Waals surface area contributed by atoms with E-state index in [0.29, 0.717) is 17.4 Å². The quantitative estimate of drug-likeness (QED) is 0.0205. The van der Waals surface area contributed by atoms with Gasteiger partial charge in [-0.1, -0.05) is 336 Å². The number of allylic oxidation sites excluding steroid dienone is 17. The first-order valence-corrected chi connectivity index (χ1v) is 40.7. The Bertz CT molecular complexity index is 1960. The number of nitrogens with zero attached hydrogens (tertiary/aromatic N) is 1. The normalized spacial score (nSPS) is 14.0. The van der Waals surface area contributed by atoms with E-state index in [1.165, 1.54) is 205 Å². The SMILES string of the molecule is CC/C=C\C/C=C\C/C=C\C/C=C\C/C=C\C/C=C\CCCCCCCCCCC(=O)NC(COP(=O)(O)OCC[N+](C)(C)C)C(/C=C/CCCCCCCCCCCCC)OC(=O)CCCCCCCCCCCCCCCCCCC/C=C\C/C=C\CCCCC. The second-order valence-corrected chi connectivity index (χ2v) is 29.0. The Morgan fingerprint density at radius 1 is 0.387 bits per heavy atom. The molecule has 0 bridgehead atoms. The minimum Gasteiger partial charge on any atom is -0.456 e. The summed E-state index contributed by atoms with van der Waals surface area (Å²) in [5.74, 6) is -0.506. The number of nitrogens with one attached hydrogen (secondary N) is 1. The van der Waals surface area contributed by atoms with Gasteiger partial charge in [0.05, 0.1) is 33.8 Å². The summed E-state index contributed by atoms with van der Waals surface area (Å²) in [4.78, 5) is 38.1. The maximum Gasteiger partial charge on any atom is 0.472 e. The van der Waals surface area contributed by atoms with Crippen molar-refractivity contribution in [3.63, 3.8) is 0 Å². The second kappa shape index (κ2) is 71.4. The molecule has 0 spiro atoms. The molecular weight excluding hydrogens is 1170 g/mol. The van der Waals surface area contributed by atoms with E-state index in [4.69, 9.17) is 13.8 Å². The molecule has 0 aliphatic carbocycles. The van der Waals surface area contributed by atoms with E-state index in [-0.39, 0.29) is 31.5 Å². The summed E-state index contributed by atoms with van der Waals surface area (Å²) in [6, 6.07) is -0.860. The van der Waals surface area contributed by atoms with Crippen LogP contribution in [0.3, 0.4) is 0 Å². The van der Waals surface area contributed by atoms with Crippen molar-refractivity contribution in [1.82, 2.24) is 5.32 Å². The van der Waals surface area contributed by atoms with Crippen LogP contribution in [0.2, 0.25) is 0 Å². The minimum atomic E-state index is -4.47. The zero-order valence-electron chi connectivity index (χ0n) is 61.7. The van der Waals surface area contributed by atoms with Crippen LogP contribution < -0.4 is 5.32 Å². The molecule has 0 aromatic rings. The van der Waals surface area contributed by atoms with Gasteiger partial charge in [0, 0.05) is 12.8 Å². The van der Waals surface area contributed by atoms with Crippen LogP contribution in [0, 0.1) is 0 Å². The Morgan fingerprint density at radius 3 is 1.05 bits per heavy atom. The number of esters is 1. The highest BCUT2D eigenvalue weighted by atomic mass is 31.2. The Hall–Kier alpha value is -3.33. The van der Waals surface area contributed by atoms with E-state index in [1.54, 1.807) is 0 Å². The van der Waals surface area contributed by atoms with Crippen LogP contribution >= 0.6 is 7.82 Å². The molecule has 2 N–H and O–H groups in total. The van der Waals surface area contributed by atoms with Crippen LogP contribution in [0.25, 0.3) is 0 Å². The third kappa shape index (κ3) is 72.8. The number of unbranched alkanes of at least 4 members (excludes halogenated alkanes) is 39. The third-order valence-electron chi connectivity index (χ3n) is 17.2. The number of rotatable bonds is 71. The van der Waals surface area contributed by atoms with Crippen LogP contribution in [0.5, 0.6) is 0 Å². The first-order chi connectivity index (χ1) is 45.4. The summed E-state index contributed by atoms with van der Waals surface area (Å²) in [5, 5.41) is 3.08. The van der Waals surface area contributed by atoms with Crippen molar-refractivity contribution in [1.29, 1.82) is 0 Å². The summed E-state index contributed by atoms with van der Waals surface area (Å²) in [6.07, 6.45) is 99.7. The molecule has 10 heteroatoms. The van der Waals surface area contributed by atoms with Gasteiger partial charge in [0.2, 0.25) is 5.91 Å². The number of amides is 1. The highest BCUT2D eigenvalue weighted by Gasteiger charge is 2.30. The van der Waals surface area contributed by atoms with Crippen molar-refractivity contribution in [2.24, 2.45) is 0 Å². The first kappa shape index (κ1) is 89.7. The molecule has 0 aromatic heterocycles. The highest BCUT2D eigenvalue weighted by molar-refractivity contribution is 7.47. The van der Waals surface area contributed by atoms with Gasteiger partial charge in [-0.25, -0.2) is 4.57 Å². The van der Waals surface area contributed by atoms with Gasteiger partial charge >= 0.3 is 13.8 Å². The molecule has 3 unspecified atom stereocenters. The van der Waals surface area contributed by atoms with Crippen molar-refractivity contribution < 1.29 is 37.3 Å². The van der Waals surface area contributed by atoms with Gasteiger partial charge in [0.25, 0.3) is 0 Å². The van der Waals surface area contributed by atoms with Gasteiger partial charge in [-0.05, 0) is 115 Å². The topological polar surface area (TPSA) is 111 Å². The van der Waals surface area contributed by atoms with Crippen molar-refractivity contribution in [2.75, 3.05) is 40.9 Å². The number of carbonyl (C=O) groups excluding carboxylic acids is 2. The molecule has 9 nitrogen and oxygen atoms in total. The van der Waals surface area contributed by atoms with Crippen molar-refractivity contribution >= 4 is 19.7 Å². The lowest BCUT2D eigenvalue weighted by Crippen LogP contribution is -2.47. The maximum absolute atomic E-state index is 13.7. The smallest absolute Gasteiger partial charge is 0.456 e. The third-order valence-corrected chi connectivity index (χ3v) is 18.2. The number of carbonyl (C=O) groups is 2. The number of phosphoric ester groups is 1. The molecular formula is C83H150N2O7P+. The highest BCUT2D eigenvalue weighted by Crippen LogP contribution is 2.43. The first-order valence-electron chi connectivity index (χ1n) is 39.2. The molecule has 0 aliphatic heterocycles. The lowest BCUT2D eigenvalue weighted by atomic mass is 10.0. The Labute approximate surface area is 576 Å². The standard InChI is InChI=1S/C83H149N2O7P/c1-7-10-13-16-19-22-25-28-30-32-34-36-38-40-42-44-46-48-50-52-54-57-60-63-66-69-72-75-82(86)84-80(79-91-93(88,89)90-78-77-85(4,5)6)81(74-71-68-65-62-59-56-27-24-21-18-15-12-9-3)92-83(87)76-73-70-67-64-61-58-55-53-51-49-47-45-43-41-39-37-35-33-31-29-26-23-20-17-14-11-8-2/h10,13,19-20,22-23,28-31,34,36,40,42,46,48,71,74,80-81H,7-9,11-12,14-18,21,24-27,32-33,35,37-39,41,43-45,47,49-70,72-73,75-79H2,1-6H3,(H-,84,86,88,89)/p+1/b13-10-,22-19-,23-20-,30-28-,31-29-,36-34-,42-40-,48-46-,74-71+. The summed E-state index contributed by atoms with van der Waals surface area (Å²) in [6.45, 7) is 6.91. The molecule has 0 aliphatic rings. The number of hydrogen-bond acceptors (Lipinski definition) is 6. The number of likely N-dealkylation sites (N-methyl/N-ethyl adjacent to an activating group) is 1. The van der Waals surface area contributed by atoms with Crippen LogP contribution in [0.4, 0.5) is 0 Å². The predicted octanol–water partition coefficient (Wildman–Crippen LogP) is 25.6. The van der Waals surface area contributed by atoms with Crippen molar-refractivity contribution in [3.05, 3.63) is 109 Å². The lowest BCUT2D eigenvalue weighted by Gasteiger charge is -2.27. The number of phosphoric acid groups is 1. The minimum absolute atomic E-state index is 0.0352. The Kier molecular flexibility index (Phi) is 68.9. The lowest BCUT2D eigenvalue weighted by molar-refractivity contribution is -0.870. The molecule has 0 fully saturated rings. The Morgan fingerprint density at radius 2 is 0.688 bits per heavy atom. The summed E-state index contributed by atoms with van der Waals surface area (Å²) < 4.78 is 30.9. The van der Waals surface area contributed by atoms with Crippen LogP contribution in [-0.4, -0.2) is 74.3 Å². The molecule has 0 saturated heterocycles. The van der Waals surface area contributed by atoms with E-state index in [0.717, 1.165) is 116 Å². The molecule has 538 valence electrons. The van der Waals surface area contributed by atoms with E-state index in [1.807, 2.05) is 33.3 Å². The molecule has 1 amide bonds. The number of quaternary nitrogens is 1. The van der Waals surface area contributed by atoms with Gasteiger partial charge in [0.1, 0.15) is 19.3 Å². The fourth-order valence-electron chi connectivity index (χ4n) is 11.2. The maximum atomic E-state index is 13.7. The van der Waals surface area contributed by atoms with Gasteiger partial charge in [-0.3, -0.25) is 18.6 Å². The summed E-state index contributed by atoms with van der Waals surface area (Å²) in [5.41, 5.74) is 0. The van der Waals surface area contributed by atoms with Crippen LogP contribution in [-0.2, 0) is 27.9 Å². The monoisotopic (exact) mass is 1320 g/mol. The van der Waals surface area contributed by atoms with Gasteiger partial charge in [-0.15, -0.1) is 0 Å².